The summed E-state index contributed by atoms with van der Waals surface area (Å²) in [4.78, 5) is 47.5. The molecule has 2 saturated heterocycles. The highest BCUT2D eigenvalue weighted by Crippen LogP contribution is 2.32. The third kappa shape index (κ3) is 5.59. The molecule has 10 nitrogen and oxygen atoms in total. The molecule has 6 rings (SSSR count). The number of carbonyl (C=O) groups excluding carboxylic acids is 1. The minimum atomic E-state index is -0.243. The average molecular weight is 559 g/mol. The number of likely N-dealkylation sites (tertiary alicyclic amines) is 1. The number of ketones is 1. The number of aryl methyl sites for hydroxylation is 1. The van der Waals surface area contributed by atoms with Crippen LogP contribution in [0.4, 0.5) is 17.5 Å². The van der Waals surface area contributed by atoms with Gasteiger partial charge >= 0.3 is 0 Å². The standard InChI is InChI=1S/C31H42N8O2/c1-4-36-13-11-23(12-14-36)37-15-17-38(18-16-37)25-9-10-27(32-19-25)34-31-33-20-26-21(2)28(22(3)40)30(41)39(29(26)35-31)24-7-5-6-8-24/h9-10,19-20,23-24H,4-8,11-18H2,1-3H3,(H,32,33,34,35). The van der Waals surface area contributed by atoms with E-state index >= 15 is 0 Å². The van der Waals surface area contributed by atoms with Crippen molar-refractivity contribution in [1.29, 1.82) is 0 Å². The summed E-state index contributed by atoms with van der Waals surface area (Å²) in [6.07, 6.45) is 10.2. The Hall–Kier alpha value is -3.37. The van der Waals surface area contributed by atoms with Gasteiger partial charge in [0, 0.05) is 49.8 Å². The lowest BCUT2D eigenvalue weighted by molar-refractivity contribution is 0.101. The first-order chi connectivity index (χ1) is 19.9. The van der Waals surface area contributed by atoms with Crippen molar-refractivity contribution in [1.82, 2.24) is 29.3 Å². The minimum absolute atomic E-state index is 0.0495. The van der Waals surface area contributed by atoms with Crippen LogP contribution in [0.25, 0.3) is 11.0 Å². The minimum Gasteiger partial charge on any atom is -0.368 e. The number of hydrogen-bond donors (Lipinski definition) is 1. The molecule has 1 saturated carbocycles. The Kier molecular flexibility index (Phi) is 8.03. The molecule has 3 aliphatic rings. The summed E-state index contributed by atoms with van der Waals surface area (Å²) >= 11 is 0. The van der Waals surface area contributed by atoms with Crippen LogP contribution >= 0.6 is 0 Å². The van der Waals surface area contributed by atoms with E-state index in [9.17, 15) is 9.59 Å². The SMILES string of the molecule is CCN1CCC(N2CCN(c3ccc(Nc4ncc5c(C)c(C(C)=O)c(=O)n(C6CCCC6)c5n4)nc3)CC2)CC1. The number of nitrogens with one attached hydrogen (secondary N) is 1. The van der Waals surface area contributed by atoms with E-state index in [0.717, 1.165) is 75.5 Å². The monoisotopic (exact) mass is 558 g/mol. The molecule has 2 aliphatic heterocycles. The van der Waals surface area contributed by atoms with Gasteiger partial charge in [0.2, 0.25) is 5.95 Å². The van der Waals surface area contributed by atoms with E-state index in [1.165, 1.54) is 32.9 Å². The van der Waals surface area contributed by atoms with Crippen LogP contribution in [0.3, 0.4) is 0 Å². The molecule has 218 valence electrons. The number of piperidine rings is 1. The van der Waals surface area contributed by atoms with E-state index in [1.807, 2.05) is 19.2 Å². The molecule has 0 atom stereocenters. The summed E-state index contributed by atoms with van der Waals surface area (Å²) in [7, 11) is 0. The fraction of sp³-hybridized carbons (Fsp3) is 0.581. The third-order valence-corrected chi connectivity index (χ3v) is 9.44. The fourth-order valence-electron chi connectivity index (χ4n) is 7.02. The second-order valence-electron chi connectivity index (χ2n) is 11.8. The Bertz CT molecular complexity index is 1450. The average Bonchev–Trinajstić information content (AvgIpc) is 3.52. The molecule has 0 spiro atoms. The van der Waals surface area contributed by atoms with Gasteiger partial charge in [0.25, 0.3) is 5.56 Å². The molecule has 10 heteroatoms. The normalized spacial score (nSPS) is 19.7. The van der Waals surface area contributed by atoms with Crippen molar-refractivity contribution in [3.05, 3.63) is 46.0 Å². The number of rotatable bonds is 7. The number of pyridine rings is 2. The Morgan fingerprint density at radius 3 is 2.32 bits per heavy atom. The van der Waals surface area contributed by atoms with Crippen LogP contribution in [-0.4, -0.2) is 87.0 Å². The van der Waals surface area contributed by atoms with Gasteiger partial charge in [-0.15, -0.1) is 0 Å². The van der Waals surface area contributed by atoms with Crippen molar-refractivity contribution in [3.63, 3.8) is 0 Å². The number of anilines is 3. The van der Waals surface area contributed by atoms with Crippen LogP contribution in [0, 0.1) is 6.92 Å². The van der Waals surface area contributed by atoms with E-state index in [0.29, 0.717) is 23.0 Å². The highest BCUT2D eigenvalue weighted by atomic mass is 16.1. The molecular formula is C31H42N8O2. The molecule has 5 heterocycles. The third-order valence-electron chi connectivity index (χ3n) is 9.44. The highest BCUT2D eigenvalue weighted by molar-refractivity contribution is 5.99. The predicted molar refractivity (Wildman–Crippen MR) is 162 cm³/mol. The van der Waals surface area contributed by atoms with Gasteiger partial charge < -0.3 is 15.1 Å². The van der Waals surface area contributed by atoms with Gasteiger partial charge in [0.15, 0.2) is 5.78 Å². The van der Waals surface area contributed by atoms with Gasteiger partial charge in [-0.2, -0.15) is 4.98 Å². The summed E-state index contributed by atoms with van der Waals surface area (Å²) < 4.78 is 1.74. The summed E-state index contributed by atoms with van der Waals surface area (Å²) in [5.74, 6) is 0.828. The summed E-state index contributed by atoms with van der Waals surface area (Å²) in [5, 5.41) is 3.97. The number of Topliss-reactive ketones (excluding diaryl/α,β-unsaturated/α-hetero) is 1. The summed E-state index contributed by atoms with van der Waals surface area (Å²) in [5.41, 5.74) is 2.35. The van der Waals surface area contributed by atoms with Crippen molar-refractivity contribution in [2.45, 2.75) is 71.4 Å². The smallest absolute Gasteiger partial charge is 0.263 e. The van der Waals surface area contributed by atoms with Crippen LogP contribution in [0.2, 0.25) is 0 Å². The lowest BCUT2D eigenvalue weighted by Gasteiger charge is -2.43. The Morgan fingerprint density at radius 2 is 1.68 bits per heavy atom. The van der Waals surface area contributed by atoms with Gasteiger partial charge in [-0.25, -0.2) is 9.97 Å². The van der Waals surface area contributed by atoms with E-state index < -0.39 is 0 Å². The lowest BCUT2D eigenvalue weighted by Crippen LogP contribution is -2.53. The highest BCUT2D eigenvalue weighted by Gasteiger charge is 2.28. The van der Waals surface area contributed by atoms with E-state index in [4.69, 9.17) is 4.98 Å². The summed E-state index contributed by atoms with van der Waals surface area (Å²) in [6.45, 7) is 13.3. The number of carbonyl (C=O) groups is 1. The molecule has 3 fully saturated rings. The lowest BCUT2D eigenvalue weighted by atomic mass is 10.0. The van der Waals surface area contributed by atoms with E-state index in [-0.39, 0.29) is 22.9 Å². The maximum atomic E-state index is 13.5. The predicted octanol–water partition coefficient (Wildman–Crippen LogP) is 4.16. The van der Waals surface area contributed by atoms with Gasteiger partial charge in [-0.1, -0.05) is 19.8 Å². The molecule has 3 aromatic rings. The number of aromatic nitrogens is 4. The number of hydrogen-bond acceptors (Lipinski definition) is 9. The Balaban J connectivity index is 1.16. The fourth-order valence-corrected chi connectivity index (χ4v) is 7.02. The zero-order valence-electron chi connectivity index (χ0n) is 24.6. The van der Waals surface area contributed by atoms with E-state index in [2.05, 4.69) is 43.0 Å². The number of piperazine rings is 1. The van der Waals surface area contributed by atoms with Crippen LogP contribution in [-0.2, 0) is 0 Å². The molecule has 1 aliphatic carbocycles. The topological polar surface area (TPSA) is 99.5 Å². The van der Waals surface area contributed by atoms with Crippen molar-refractivity contribution in [2.75, 3.05) is 56.0 Å². The molecule has 0 aromatic carbocycles. The van der Waals surface area contributed by atoms with Gasteiger partial charge in [0.1, 0.15) is 11.5 Å². The van der Waals surface area contributed by atoms with Crippen molar-refractivity contribution >= 4 is 34.3 Å². The molecule has 3 aromatic heterocycles. The zero-order chi connectivity index (χ0) is 28.5. The Morgan fingerprint density at radius 1 is 0.951 bits per heavy atom. The van der Waals surface area contributed by atoms with Gasteiger partial charge in [-0.05, 0) is 76.9 Å². The summed E-state index contributed by atoms with van der Waals surface area (Å²) in [6, 6.07) is 4.83. The second-order valence-corrected chi connectivity index (χ2v) is 11.8. The maximum absolute atomic E-state index is 13.5. The maximum Gasteiger partial charge on any atom is 0.263 e. The zero-order valence-corrected chi connectivity index (χ0v) is 24.6. The second kappa shape index (κ2) is 11.9. The first kappa shape index (κ1) is 27.8. The molecular weight excluding hydrogens is 516 g/mol. The number of nitrogens with zero attached hydrogens (tertiary/aromatic N) is 7. The van der Waals surface area contributed by atoms with Crippen LogP contribution < -0.4 is 15.8 Å². The van der Waals surface area contributed by atoms with Gasteiger partial charge in [-0.3, -0.25) is 19.1 Å². The Labute approximate surface area is 241 Å². The van der Waals surface area contributed by atoms with Crippen LogP contribution in [0.5, 0.6) is 0 Å². The first-order valence-electron chi connectivity index (χ1n) is 15.3. The van der Waals surface area contributed by atoms with Crippen molar-refractivity contribution in [3.8, 4) is 0 Å². The number of fused-ring (bicyclic) bond motifs is 1. The first-order valence-corrected chi connectivity index (χ1v) is 15.3. The van der Waals surface area contributed by atoms with Crippen molar-refractivity contribution < 1.29 is 4.79 Å². The van der Waals surface area contributed by atoms with Gasteiger partial charge in [0.05, 0.1) is 17.4 Å². The molecule has 0 radical (unpaired) electrons. The molecule has 41 heavy (non-hydrogen) atoms. The quantitative estimate of drug-likeness (QED) is 0.429. The molecule has 0 unspecified atom stereocenters. The molecule has 0 amide bonds. The molecule has 0 bridgehead atoms. The molecule has 1 N–H and O–H groups in total. The van der Waals surface area contributed by atoms with Crippen LogP contribution in [0.1, 0.15) is 74.3 Å². The largest absolute Gasteiger partial charge is 0.368 e. The van der Waals surface area contributed by atoms with E-state index in [1.54, 1.807) is 10.8 Å². The van der Waals surface area contributed by atoms with Crippen LogP contribution in [0.15, 0.2) is 29.3 Å². The van der Waals surface area contributed by atoms with Crippen molar-refractivity contribution in [2.24, 2.45) is 0 Å².